The summed E-state index contributed by atoms with van der Waals surface area (Å²) in [6.07, 6.45) is 12.6. The fourth-order valence-electron chi connectivity index (χ4n) is 7.26. The summed E-state index contributed by atoms with van der Waals surface area (Å²) in [4.78, 5) is 11.3. The topological polar surface area (TPSA) is 88.1 Å². The molecule has 0 bridgehead atoms. The van der Waals surface area contributed by atoms with E-state index >= 15 is 0 Å². The zero-order valence-corrected chi connectivity index (χ0v) is 19.1. The predicted octanol–water partition coefficient (Wildman–Crippen LogP) is 5.75. The van der Waals surface area contributed by atoms with Crippen LogP contribution in [0.1, 0.15) is 70.1 Å². The third kappa shape index (κ3) is 3.41. The van der Waals surface area contributed by atoms with Gasteiger partial charge in [0, 0.05) is 17.2 Å². The highest BCUT2D eigenvalue weighted by atomic mass is 32.1. The van der Waals surface area contributed by atoms with Crippen LogP contribution in [0.3, 0.4) is 0 Å². The van der Waals surface area contributed by atoms with E-state index in [0.29, 0.717) is 17.8 Å². The Morgan fingerprint density at radius 3 is 2.74 bits per heavy atom. The van der Waals surface area contributed by atoms with Gasteiger partial charge in [0.25, 0.3) is 0 Å². The molecule has 0 saturated heterocycles. The third-order valence-corrected chi connectivity index (χ3v) is 9.95. The van der Waals surface area contributed by atoms with Gasteiger partial charge in [-0.2, -0.15) is 10.2 Å². The molecule has 1 aromatic rings. The van der Waals surface area contributed by atoms with Gasteiger partial charge in [-0.15, -0.1) is 0 Å². The molecule has 166 valence electrons. The lowest BCUT2D eigenvalue weighted by atomic mass is 9.48. The van der Waals surface area contributed by atoms with E-state index < -0.39 is 0 Å². The number of fused-ring (bicyclic) bond motifs is 5. The Labute approximate surface area is 187 Å². The Morgan fingerprint density at radius 1 is 1.19 bits per heavy atom. The molecule has 4 aliphatic carbocycles. The molecule has 6 atom stereocenters. The lowest BCUT2D eigenvalue weighted by molar-refractivity contribution is -0.380. The van der Waals surface area contributed by atoms with Crippen LogP contribution >= 0.6 is 11.3 Å². The van der Waals surface area contributed by atoms with Crippen molar-refractivity contribution in [2.75, 3.05) is 0 Å². The van der Waals surface area contributed by atoms with Crippen LogP contribution in [0.25, 0.3) is 0 Å². The van der Waals surface area contributed by atoms with E-state index in [1.165, 1.54) is 30.2 Å². The number of nitro groups is 1. The van der Waals surface area contributed by atoms with Crippen LogP contribution in [0.2, 0.25) is 0 Å². The van der Waals surface area contributed by atoms with Crippen LogP contribution in [0, 0.1) is 38.7 Å². The van der Waals surface area contributed by atoms with Gasteiger partial charge in [0.05, 0.1) is 22.1 Å². The minimum absolute atomic E-state index is 0.107. The maximum absolute atomic E-state index is 10.9. The molecule has 7 heteroatoms. The van der Waals surface area contributed by atoms with Gasteiger partial charge in [-0.05, 0) is 80.6 Å². The molecule has 0 aliphatic heterocycles. The van der Waals surface area contributed by atoms with Gasteiger partial charge in [-0.25, -0.2) is 0 Å². The molecule has 0 amide bonds. The molecule has 1 N–H and O–H groups in total. The van der Waals surface area contributed by atoms with Crippen molar-refractivity contribution in [1.82, 2.24) is 0 Å². The number of hydrogen-bond acceptors (Lipinski definition) is 6. The quantitative estimate of drug-likeness (QED) is 0.280. The zero-order chi connectivity index (χ0) is 21.8. The first-order valence-electron chi connectivity index (χ1n) is 11.5. The van der Waals surface area contributed by atoms with E-state index in [9.17, 15) is 15.2 Å². The second kappa shape index (κ2) is 7.62. The Morgan fingerprint density at radius 2 is 1.97 bits per heavy atom. The summed E-state index contributed by atoms with van der Waals surface area (Å²) < 4.78 is 0. The summed E-state index contributed by atoms with van der Waals surface area (Å²) in [5.74, 6) is 2.05. The summed E-state index contributed by atoms with van der Waals surface area (Å²) in [7, 11) is 0. The van der Waals surface area contributed by atoms with Gasteiger partial charge in [0.15, 0.2) is 0 Å². The van der Waals surface area contributed by atoms with E-state index in [-0.39, 0.29) is 26.9 Å². The smallest absolute Gasteiger partial charge is 0.324 e. The number of nitrogens with zero attached hydrogens (tertiary/aromatic N) is 3. The maximum Gasteiger partial charge on any atom is 0.324 e. The molecular weight excluding hydrogens is 410 g/mol. The summed E-state index contributed by atoms with van der Waals surface area (Å²) in [6.45, 7) is 4.84. The second-order valence-electron chi connectivity index (χ2n) is 10.4. The number of hydrogen-bond donors (Lipinski definition) is 1. The van der Waals surface area contributed by atoms with E-state index in [0.717, 1.165) is 54.7 Å². The van der Waals surface area contributed by atoms with E-state index in [2.05, 4.69) is 30.1 Å². The average Bonchev–Trinajstić information content (AvgIpc) is 3.33. The number of aliphatic hydroxyl groups excluding tert-OH is 1. The molecule has 31 heavy (non-hydrogen) atoms. The Hall–Kier alpha value is -1.86. The van der Waals surface area contributed by atoms with Crippen molar-refractivity contribution in [3.05, 3.63) is 38.8 Å². The fraction of sp³-hybridized carbons (Fsp3) is 0.667. The fourth-order valence-corrected chi connectivity index (χ4v) is 7.95. The molecule has 3 saturated carbocycles. The van der Waals surface area contributed by atoms with Crippen LogP contribution in [-0.4, -0.2) is 28.1 Å². The largest absolute Gasteiger partial charge is 0.393 e. The van der Waals surface area contributed by atoms with Crippen molar-refractivity contribution in [1.29, 1.82) is 0 Å². The maximum atomic E-state index is 10.9. The molecule has 1 heterocycles. The highest BCUT2D eigenvalue weighted by Gasteiger charge is 2.57. The molecule has 0 spiro atoms. The number of rotatable bonds is 3. The summed E-state index contributed by atoms with van der Waals surface area (Å²) in [5, 5.41) is 30.2. The van der Waals surface area contributed by atoms with E-state index in [4.69, 9.17) is 0 Å². The summed E-state index contributed by atoms with van der Waals surface area (Å²) in [6, 6.07) is 3.24. The minimum Gasteiger partial charge on any atom is -0.393 e. The van der Waals surface area contributed by atoms with Gasteiger partial charge in [0.2, 0.25) is 0 Å². The minimum atomic E-state index is -0.369. The summed E-state index contributed by atoms with van der Waals surface area (Å²) in [5.41, 5.74) is 3.08. The van der Waals surface area contributed by atoms with Crippen LogP contribution < -0.4 is 0 Å². The molecule has 0 radical (unpaired) electrons. The molecule has 6 nitrogen and oxygen atoms in total. The monoisotopic (exact) mass is 441 g/mol. The molecule has 6 unspecified atom stereocenters. The number of thiophene rings is 1. The number of aliphatic hydroxyl groups is 1. The van der Waals surface area contributed by atoms with Crippen LogP contribution in [0.5, 0.6) is 0 Å². The molecule has 1 aromatic heterocycles. The third-order valence-electron chi connectivity index (χ3n) is 8.97. The molecule has 5 rings (SSSR count). The van der Waals surface area contributed by atoms with Gasteiger partial charge in [-0.3, -0.25) is 10.1 Å². The van der Waals surface area contributed by atoms with Crippen molar-refractivity contribution >= 4 is 28.3 Å². The second-order valence-corrected chi connectivity index (χ2v) is 11.5. The summed E-state index contributed by atoms with van der Waals surface area (Å²) >= 11 is 1.13. The molecule has 3 fully saturated rings. The molecule has 0 aromatic carbocycles. The lowest BCUT2D eigenvalue weighted by Crippen LogP contribution is -2.50. The van der Waals surface area contributed by atoms with Crippen LogP contribution in [-0.2, 0) is 0 Å². The van der Waals surface area contributed by atoms with Crippen LogP contribution in [0.4, 0.5) is 5.00 Å². The Kier molecular flexibility index (Phi) is 5.17. The highest BCUT2D eigenvalue weighted by molar-refractivity contribution is 7.16. The Balaban J connectivity index is 1.35. The first-order valence-corrected chi connectivity index (χ1v) is 12.3. The van der Waals surface area contributed by atoms with Crippen molar-refractivity contribution in [3.8, 4) is 0 Å². The standard InChI is InChI=1S/C24H31N3O3S/c1-23-11-9-16(28)13-15(23)3-5-18-19-6-7-21(24(19,2)12-10-20(18)23)26-25-14-17-4-8-22(31-17)27(29)30/h3-4,8,14,16,18-20,28H,5-7,9-13H2,1-2H3/b25-14-,26-21-. The van der Waals surface area contributed by atoms with Crippen molar-refractivity contribution < 1.29 is 10.0 Å². The van der Waals surface area contributed by atoms with E-state index in [1.807, 2.05) is 0 Å². The van der Waals surface area contributed by atoms with Crippen molar-refractivity contribution in [3.63, 3.8) is 0 Å². The normalized spacial score (nSPS) is 41.0. The average molecular weight is 442 g/mol. The van der Waals surface area contributed by atoms with Gasteiger partial charge >= 0.3 is 5.00 Å². The lowest BCUT2D eigenvalue weighted by Gasteiger charge is -2.57. The van der Waals surface area contributed by atoms with Gasteiger partial charge < -0.3 is 5.11 Å². The Bertz CT molecular complexity index is 982. The number of allylic oxidation sites excluding steroid dienone is 1. The first kappa shape index (κ1) is 21.0. The molecular formula is C24H31N3O3S. The SMILES string of the molecule is CC12CCC(O)CC1=CCC1C2CCC2(C)/C(=N\N=C/c3ccc([N+](=O)[O-])s3)CCC12. The van der Waals surface area contributed by atoms with Crippen molar-refractivity contribution in [2.45, 2.75) is 71.3 Å². The zero-order valence-electron chi connectivity index (χ0n) is 18.3. The predicted molar refractivity (Wildman–Crippen MR) is 124 cm³/mol. The van der Waals surface area contributed by atoms with Crippen LogP contribution in [0.15, 0.2) is 34.0 Å². The van der Waals surface area contributed by atoms with E-state index in [1.54, 1.807) is 12.3 Å². The first-order chi connectivity index (χ1) is 14.8. The van der Waals surface area contributed by atoms with Gasteiger partial charge in [0.1, 0.15) is 0 Å². The van der Waals surface area contributed by atoms with Gasteiger partial charge in [-0.1, -0.05) is 36.8 Å². The molecule has 4 aliphatic rings. The van der Waals surface area contributed by atoms with Crippen molar-refractivity contribution in [2.24, 2.45) is 38.8 Å². The highest BCUT2D eigenvalue weighted by Crippen LogP contribution is 2.64.